The lowest BCUT2D eigenvalue weighted by Crippen LogP contribution is -2.15. The summed E-state index contributed by atoms with van der Waals surface area (Å²) in [5.41, 5.74) is 0.819. The maximum atomic E-state index is 11.8. The fourth-order valence-corrected chi connectivity index (χ4v) is 3.18. The summed E-state index contributed by atoms with van der Waals surface area (Å²) in [6, 6.07) is 0. The maximum absolute atomic E-state index is 11.8. The Morgan fingerprint density at radius 3 is 3.06 bits per heavy atom. The van der Waals surface area contributed by atoms with Crippen molar-refractivity contribution in [1.82, 2.24) is 4.98 Å². The van der Waals surface area contributed by atoms with Gasteiger partial charge in [-0.15, -0.1) is 11.3 Å². The first-order chi connectivity index (χ1) is 8.74. The Hall–Kier alpha value is -0.750. The van der Waals surface area contributed by atoms with E-state index in [1.54, 1.807) is 23.3 Å². The molecule has 1 N–H and O–H groups in total. The van der Waals surface area contributed by atoms with Crippen LogP contribution in [0.25, 0.3) is 0 Å². The van der Waals surface area contributed by atoms with E-state index in [1.165, 1.54) is 12.8 Å². The lowest BCUT2D eigenvalue weighted by Gasteiger charge is -2.10. The average Bonchev–Trinajstić information content (AvgIpc) is 3.08. The molecule has 1 atom stereocenters. The first kappa shape index (κ1) is 13.7. The minimum atomic E-state index is -0.234. The van der Waals surface area contributed by atoms with Gasteiger partial charge < -0.3 is 9.46 Å². The van der Waals surface area contributed by atoms with Gasteiger partial charge in [0.2, 0.25) is 0 Å². The smallest absolute Gasteiger partial charge is 0.315 e. The van der Waals surface area contributed by atoms with Crippen LogP contribution in [0.4, 0.5) is 5.13 Å². The minimum absolute atomic E-state index is 0.174. The maximum Gasteiger partial charge on any atom is 0.315 e. The number of carbonyl (C=O) groups excluding carboxylic acids is 1. The molecule has 1 aliphatic carbocycles. The molecule has 6 heteroatoms. The molecular weight excluding hydrogens is 268 g/mol. The zero-order valence-corrected chi connectivity index (χ0v) is 12.3. The third kappa shape index (κ3) is 3.62. The number of nitrogens with zero attached hydrogens (tertiary/aromatic N) is 1. The molecule has 4 nitrogen and oxygen atoms in total. The van der Waals surface area contributed by atoms with E-state index in [0.717, 1.165) is 22.5 Å². The zero-order chi connectivity index (χ0) is 13.0. The summed E-state index contributed by atoms with van der Waals surface area (Å²) in [6.45, 7) is 4.22. The molecular formula is C12H18N2O2S2. The summed E-state index contributed by atoms with van der Waals surface area (Å²) < 4.78 is 8.32. The van der Waals surface area contributed by atoms with Crippen molar-refractivity contribution in [3.05, 3.63) is 11.1 Å². The van der Waals surface area contributed by atoms with E-state index in [4.69, 9.17) is 4.74 Å². The molecule has 1 aromatic rings. The van der Waals surface area contributed by atoms with Gasteiger partial charge in [0.05, 0.1) is 18.2 Å². The summed E-state index contributed by atoms with van der Waals surface area (Å²) in [4.78, 5) is 16.2. The van der Waals surface area contributed by atoms with Gasteiger partial charge in [0.15, 0.2) is 5.13 Å². The molecule has 100 valence electrons. The Labute approximate surface area is 116 Å². The monoisotopic (exact) mass is 286 g/mol. The zero-order valence-electron chi connectivity index (χ0n) is 10.6. The van der Waals surface area contributed by atoms with Crippen molar-refractivity contribution in [2.45, 2.75) is 44.3 Å². The van der Waals surface area contributed by atoms with Gasteiger partial charge in [0.1, 0.15) is 0 Å². The molecule has 0 aromatic carbocycles. The van der Waals surface area contributed by atoms with Crippen molar-refractivity contribution in [2.24, 2.45) is 0 Å². The van der Waals surface area contributed by atoms with Crippen LogP contribution in [-0.4, -0.2) is 22.8 Å². The largest absolute Gasteiger partial charge is 0.465 e. The van der Waals surface area contributed by atoms with Crippen molar-refractivity contribution in [3.63, 3.8) is 0 Å². The molecule has 0 spiro atoms. The Morgan fingerprint density at radius 1 is 1.67 bits per heavy atom. The number of carbonyl (C=O) groups is 1. The number of thiazole rings is 1. The molecule has 0 radical (unpaired) electrons. The summed E-state index contributed by atoms with van der Waals surface area (Å²) in [7, 11) is 0. The molecule has 1 heterocycles. The fourth-order valence-electron chi connectivity index (χ4n) is 1.55. The lowest BCUT2D eigenvalue weighted by atomic mass is 10.0. The highest BCUT2D eigenvalue weighted by Crippen LogP contribution is 2.35. The standard InChI is InChI=1S/C12H18N2O2S2/c1-3-9(11(15)16-4-2)10-7-17-12(13-10)14-18-8-5-6-8/h7-9H,3-6H2,1-2H3,(H,13,14). The van der Waals surface area contributed by atoms with Gasteiger partial charge in [-0.25, -0.2) is 4.98 Å². The van der Waals surface area contributed by atoms with Crippen LogP contribution in [0.2, 0.25) is 0 Å². The number of aromatic nitrogens is 1. The lowest BCUT2D eigenvalue weighted by molar-refractivity contribution is -0.145. The third-order valence-corrected chi connectivity index (χ3v) is 4.72. The number of nitrogens with one attached hydrogen (secondary N) is 1. The van der Waals surface area contributed by atoms with E-state index in [0.29, 0.717) is 6.61 Å². The molecule has 1 aliphatic rings. The van der Waals surface area contributed by atoms with E-state index >= 15 is 0 Å². The summed E-state index contributed by atoms with van der Waals surface area (Å²) in [6.07, 6.45) is 3.30. The predicted molar refractivity (Wildman–Crippen MR) is 76.0 cm³/mol. The highest BCUT2D eigenvalue weighted by atomic mass is 32.2. The molecule has 1 fully saturated rings. The van der Waals surface area contributed by atoms with E-state index in [2.05, 4.69) is 9.71 Å². The number of hydrogen-bond donors (Lipinski definition) is 1. The van der Waals surface area contributed by atoms with Crippen molar-refractivity contribution in [3.8, 4) is 0 Å². The quantitative estimate of drug-likeness (QED) is 0.615. The van der Waals surface area contributed by atoms with Gasteiger partial charge in [-0.1, -0.05) is 6.92 Å². The van der Waals surface area contributed by atoms with Crippen molar-refractivity contribution in [2.75, 3.05) is 11.3 Å². The fraction of sp³-hybridized carbons (Fsp3) is 0.667. The summed E-state index contributed by atoms with van der Waals surface area (Å²) >= 11 is 3.28. The van der Waals surface area contributed by atoms with Crippen LogP contribution in [0.3, 0.4) is 0 Å². The van der Waals surface area contributed by atoms with Crippen molar-refractivity contribution in [1.29, 1.82) is 0 Å². The highest BCUT2D eigenvalue weighted by molar-refractivity contribution is 8.01. The topological polar surface area (TPSA) is 51.2 Å². The molecule has 0 amide bonds. The predicted octanol–water partition coefficient (Wildman–Crippen LogP) is 3.42. The molecule has 1 saturated carbocycles. The molecule has 0 aliphatic heterocycles. The van der Waals surface area contributed by atoms with Crippen LogP contribution in [0.1, 0.15) is 44.7 Å². The SMILES string of the molecule is CCOC(=O)C(CC)c1csc(NSC2CC2)n1. The first-order valence-corrected chi connectivity index (χ1v) is 8.04. The molecule has 1 unspecified atom stereocenters. The van der Waals surface area contributed by atoms with E-state index < -0.39 is 0 Å². The van der Waals surface area contributed by atoms with Crippen molar-refractivity contribution >= 4 is 34.4 Å². The second-order valence-electron chi connectivity index (χ2n) is 4.21. The second kappa shape index (κ2) is 6.43. The van der Waals surface area contributed by atoms with Crippen molar-refractivity contribution < 1.29 is 9.53 Å². The number of hydrogen-bond acceptors (Lipinski definition) is 6. The van der Waals surface area contributed by atoms with E-state index in [-0.39, 0.29) is 11.9 Å². The normalized spacial score (nSPS) is 16.3. The van der Waals surface area contributed by atoms with Crippen LogP contribution < -0.4 is 4.72 Å². The number of esters is 1. The minimum Gasteiger partial charge on any atom is -0.465 e. The van der Waals surface area contributed by atoms with Gasteiger partial charge in [-0.05, 0) is 38.1 Å². The number of anilines is 1. The van der Waals surface area contributed by atoms with E-state index in [9.17, 15) is 4.79 Å². The number of rotatable bonds is 7. The third-order valence-electron chi connectivity index (χ3n) is 2.70. The van der Waals surface area contributed by atoms with Gasteiger partial charge in [0.25, 0.3) is 0 Å². The molecule has 0 saturated heterocycles. The second-order valence-corrected chi connectivity index (χ2v) is 6.17. The number of ether oxygens (including phenoxy) is 1. The molecule has 18 heavy (non-hydrogen) atoms. The Morgan fingerprint density at radius 2 is 2.44 bits per heavy atom. The Bertz CT molecular complexity index is 405. The summed E-state index contributed by atoms with van der Waals surface area (Å²) in [5, 5.41) is 3.56. The van der Waals surface area contributed by atoms with E-state index in [1.807, 2.05) is 19.2 Å². The van der Waals surface area contributed by atoms with Gasteiger partial charge in [-0.2, -0.15) is 0 Å². The van der Waals surface area contributed by atoms with Gasteiger partial charge in [0, 0.05) is 10.6 Å². The van der Waals surface area contributed by atoms with Crippen LogP contribution in [-0.2, 0) is 9.53 Å². The molecule has 1 aromatic heterocycles. The van der Waals surface area contributed by atoms with Gasteiger partial charge >= 0.3 is 5.97 Å². The Kier molecular flexibility index (Phi) is 4.88. The van der Waals surface area contributed by atoms with Crippen LogP contribution >= 0.6 is 23.3 Å². The highest BCUT2D eigenvalue weighted by Gasteiger charge is 2.24. The molecule has 0 bridgehead atoms. The molecule has 2 rings (SSSR count). The summed E-state index contributed by atoms with van der Waals surface area (Å²) in [5.74, 6) is -0.408. The van der Waals surface area contributed by atoms with Crippen LogP contribution in [0, 0.1) is 0 Å². The van der Waals surface area contributed by atoms with Gasteiger partial charge in [-0.3, -0.25) is 4.79 Å². The van der Waals surface area contributed by atoms with Crippen LogP contribution in [0.5, 0.6) is 0 Å². The average molecular weight is 286 g/mol. The van der Waals surface area contributed by atoms with Crippen LogP contribution in [0.15, 0.2) is 5.38 Å². The Balaban J connectivity index is 1.94. The first-order valence-electron chi connectivity index (χ1n) is 6.28.